The predicted molar refractivity (Wildman–Crippen MR) is 105 cm³/mol. The van der Waals surface area contributed by atoms with E-state index >= 15 is 0 Å². The summed E-state index contributed by atoms with van der Waals surface area (Å²) in [5.74, 6) is 0.742. The molecule has 1 saturated heterocycles. The maximum absolute atomic E-state index is 12.4. The molecule has 0 bridgehead atoms. The lowest BCUT2D eigenvalue weighted by Crippen LogP contribution is -2.50. The number of anilines is 1. The monoisotopic (exact) mass is 353 g/mol. The lowest BCUT2D eigenvalue weighted by Gasteiger charge is -2.34. The van der Waals surface area contributed by atoms with Crippen molar-refractivity contribution in [2.45, 2.75) is 12.8 Å². The average Bonchev–Trinajstić information content (AvgIpc) is 2.69. The molecule has 1 fully saturated rings. The molecule has 2 aromatic rings. The molecule has 138 valence electrons. The van der Waals surface area contributed by atoms with E-state index < -0.39 is 0 Å². The Kier molecular flexibility index (Phi) is 6.50. The van der Waals surface area contributed by atoms with Crippen molar-refractivity contribution in [3.05, 3.63) is 60.2 Å². The van der Waals surface area contributed by atoms with Gasteiger partial charge in [0.15, 0.2) is 0 Å². The van der Waals surface area contributed by atoms with Crippen LogP contribution in [0.5, 0.6) is 5.75 Å². The van der Waals surface area contributed by atoms with E-state index in [1.165, 1.54) is 5.56 Å². The van der Waals surface area contributed by atoms with Crippen molar-refractivity contribution in [3.8, 4) is 5.75 Å². The summed E-state index contributed by atoms with van der Waals surface area (Å²) in [6.45, 7) is 4.48. The van der Waals surface area contributed by atoms with Crippen LogP contribution in [0.15, 0.2) is 54.6 Å². The third-order valence-corrected chi connectivity index (χ3v) is 4.76. The molecular formula is C21H27N3O2. The van der Waals surface area contributed by atoms with Crippen LogP contribution in [0.4, 0.5) is 10.5 Å². The van der Waals surface area contributed by atoms with Crippen LogP contribution in [0.1, 0.15) is 12.0 Å². The molecule has 0 spiro atoms. The molecule has 0 saturated carbocycles. The van der Waals surface area contributed by atoms with Gasteiger partial charge >= 0.3 is 6.03 Å². The number of urea groups is 1. The number of piperazine rings is 1. The Bertz CT molecular complexity index is 697. The van der Waals surface area contributed by atoms with Crippen molar-refractivity contribution in [1.29, 1.82) is 0 Å². The molecule has 2 aromatic carbocycles. The van der Waals surface area contributed by atoms with E-state index in [0.29, 0.717) is 0 Å². The van der Waals surface area contributed by atoms with Gasteiger partial charge in [0.2, 0.25) is 0 Å². The second-order valence-electron chi connectivity index (χ2n) is 6.58. The molecule has 1 aliphatic rings. The summed E-state index contributed by atoms with van der Waals surface area (Å²) in [7, 11) is 1.62. The summed E-state index contributed by atoms with van der Waals surface area (Å²) >= 11 is 0. The highest BCUT2D eigenvalue weighted by Crippen LogP contribution is 2.17. The van der Waals surface area contributed by atoms with E-state index in [1.807, 2.05) is 29.2 Å². The van der Waals surface area contributed by atoms with E-state index in [0.717, 1.165) is 57.0 Å². The first-order chi connectivity index (χ1) is 12.7. The van der Waals surface area contributed by atoms with Gasteiger partial charge in [0.1, 0.15) is 5.75 Å². The molecular weight excluding hydrogens is 326 g/mol. The SMILES string of the molecule is COc1cccc(NC(=O)N2CCN(CCCc3ccccc3)CC2)c1. The molecule has 0 radical (unpaired) electrons. The fraction of sp³-hybridized carbons (Fsp3) is 0.381. The topological polar surface area (TPSA) is 44.8 Å². The number of methoxy groups -OCH3 is 1. The molecule has 0 aromatic heterocycles. The third kappa shape index (κ3) is 5.23. The van der Waals surface area contributed by atoms with Gasteiger partial charge in [-0.15, -0.1) is 0 Å². The van der Waals surface area contributed by atoms with Gasteiger partial charge in [0.05, 0.1) is 7.11 Å². The normalized spacial score (nSPS) is 14.9. The van der Waals surface area contributed by atoms with Crippen LogP contribution in [0, 0.1) is 0 Å². The highest BCUT2D eigenvalue weighted by Gasteiger charge is 2.20. The molecule has 0 atom stereocenters. The zero-order valence-corrected chi connectivity index (χ0v) is 15.4. The molecule has 2 amide bonds. The zero-order valence-electron chi connectivity index (χ0n) is 15.4. The van der Waals surface area contributed by atoms with Crippen LogP contribution in [0.3, 0.4) is 0 Å². The zero-order chi connectivity index (χ0) is 18.2. The second kappa shape index (κ2) is 9.25. The minimum absolute atomic E-state index is 0.0396. The Balaban J connectivity index is 1.39. The smallest absolute Gasteiger partial charge is 0.321 e. The first kappa shape index (κ1) is 18.3. The van der Waals surface area contributed by atoms with Gasteiger partial charge in [-0.3, -0.25) is 4.90 Å². The van der Waals surface area contributed by atoms with Crippen molar-refractivity contribution in [2.24, 2.45) is 0 Å². The van der Waals surface area contributed by atoms with Gasteiger partial charge in [-0.25, -0.2) is 4.79 Å². The Labute approximate surface area is 155 Å². The molecule has 1 N–H and O–H groups in total. The van der Waals surface area contributed by atoms with E-state index in [2.05, 4.69) is 40.5 Å². The van der Waals surface area contributed by atoms with Crippen LogP contribution in [-0.4, -0.2) is 55.7 Å². The molecule has 5 nitrogen and oxygen atoms in total. The maximum atomic E-state index is 12.4. The van der Waals surface area contributed by atoms with Crippen molar-refractivity contribution in [2.75, 3.05) is 45.2 Å². The average molecular weight is 353 g/mol. The minimum Gasteiger partial charge on any atom is -0.497 e. The summed E-state index contributed by atoms with van der Waals surface area (Å²) in [4.78, 5) is 16.8. The highest BCUT2D eigenvalue weighted by molar-refractivity contribution is 5.89. The molecule has 1 heterocycles. The number of hydrogen-bond acceptors (Lipinski definition) is 3. The summed E-state index contributed by atoms with van der Waals surface area (Å²) < 4.78 is 5.19. The molecule has 0 unspecified atom stereocenters. The van der Waals surface area contributed by atoms with Crippen LogP contribution in [0.25, 0.3) is 0 Å². The minimum atomic E-state index is -0.0396. The van der Waals surface area contributed by atoms with Crippen LogP contribution in [-0.2, 0) is 6.42 Å². The molecule has 1 aliphatic heterocycles. The summed E-state index contributed by atoms with van der Waals surface area (Å²) in [5.41, 5.74) is 2.16. The van der Waals surface area contributed by atoms with Crippen LogP contribution < -0.4 is 10.1 Å². The van der Waals surface area contributed by atoms with Crippen LogP contribution >= 0.6 is 0 Å². The van der Waals surface area contributed by atoms with Gasteiger partial charge in [-0.1, -0.05) is 36.4 Å². The van der Waals surface area contributed by atoms with E-state index in [9.17, 15) is 4.79 Å². The quantitative estimate of drug-likeness (QED) is 0.865. The van der Waals surface area contributed by atoms with E-state index in [4.69, 9.17) is 4.74 Å². The fourth-order valence-corrected chi connectivity index (χ4v) is 3.23. The molecule has 5 heteroatoms. The lowest BCUT2D eigenvalue weighted by molar-refractivity contribution is 0.146. The number of benzene rings is 2. The summed E-state index contributed by atoms with van der Waals surface area (Å²) in [6.07, 6.45) is 2.26. The number of hydrogen-bond donors (Lipinski definition) is 1. The first-order valence-electron chi connectivity index (χ1n) is 9.21. The van der Waals surface area contributed by atoms with Gasteiger partial charge in [0, 0.05) is 37.9 Å². The number of ether oxygens (including phenoxy) is 1. The van der Waals surface area contributed by atoms with Crippen molar-refractivity contribution in [3.63, 3.8) is 0 Å². The van der Waals surface area contributed by atoms with E-state index in [-0.39, 0.29) is 6.03 Å². The Morgan fingerprint density at radius 3 is 2.54 bits per heavy atom. The number of nitrogens with zero attached hydrogens (tertiary/aromatic N) is 2. The van der Waals surface area contributed by atoms with Gasteiger partial charge in [-0.05, 0) is 37.1 Å². The summed E-state index contributed by atoms with van der Waals surface area (Å²) in [6, 6.07) is 18.0. The van der Waals surface area contributed by atoms with Gasteiger partial charge in [0.25, 0.3) is 0 Å². The molecule has 26 heavy (non-hydrogen) atoms. The van der Waals surface area contributed by atoms with Crippen molar-refractivity contribution >= 4 is 11.7 Å². The van der Waals surface area contributed by atoms with Gasteiger partial charge in [-0.2, -0.15) is 0 Å². The highest BCUT2D eigenvalue weighted by atomic mass is 16.5. The fourth-order valence-electron chi connectivity index (χ4n) is 3.23. The Morgan fingerprint density at radius 1 is 1.04 bits per heavy atom. The molecule has 0 aliphatic carbocycles. The Hall–Kier alpha value is -2.53. The second-order valence-corrected chi connectivity index (χ2v) is 6.58. The molecule has 3 rings (SSSR count). The number of carbonyl (C=O) groups is 1. The number of carbonyl (C=O) groups excluding carboxylic acids is 1. The summed E-state index contributed by atoms with van der Waals surface area (Å²) in [5, 5.41) is 2.95. The number of rotatable bonds is 6. The third-order valence-electron chi connectivity index (χ3n) is 4.76. The number of aryl methyl sites for hydroxylation is 1. The lowest BCUT2D eigenvalue weighted by atomic mass is 10.1. The maximum Gasteiger partial charge on any atom is 0.321 e. The van der Waals surface area contributed by atoms with Gasteiger partial charge < -0.3 is 15.0 Å². The number of amides is 2. The first-order valence-corrected chi connectivity index (χ1v) is 9.21. The Morgan fingerprint density at radius 2 is 1.81 bits per heavy atom. The van der Waals surface area contributed by atoms with Crippen LogP contribution in [0.2, 0.25) is 0 Å². The van der Waals surface area contributed by atoms with E-state index in [1.54, 1.807) is 7.11 Å². The largest absolute Gasteiger partial charge is 0.497 e. The predicted octanol–water partition coefficient (Wildman–Crippen LogP) is 3.48. The van der Waals surface area contributed by atoms with Crippen molar-refractivity contribution in [1.82, 2.24) is 9.80 Å². The standard InChI is InChI=1S/C21H27N3O2/c1-26-20-11-5-10-19(17-20)22-21(25)24-15-13-23(14-16-24)12-6-9-18-7-3-2-4-8-18/h2-5,7-8,10-11,17H,6,9,12-16H2,1H3,(H,22,25). The number of nitrogens with one attached hydrogen (secondary N) is 1. The van der Waals surface area contributed by atoms with Crippen molar-refractivity contribution < 1.29 is 9.53 Å².